The molecule has 1 aromatic heterocycles. The summed E-state index contributed by atoms with van der Waals surface area (Å²) in [4.78, 5) is 14.0. The Bertz CT molecular complexity index is 621. The van der Waals surface area contributed by atoms with Crippen LogP contribution in [0.3, 0.4) is 0 Å². The van der Waals surface area contributed by atoms with Gasteiger partial charge in [-0.1, -0.05) is 0 Å². The van der Waals surface area contributed by atoms with Gasteiger partial charge in [-0.15, -0.1) is 10.2 Å². The molecule has 2 atom stereocenters. The van der Waals surface area contributed by atoms with Crippen LogP contribution >= 0.6 is 0 Å². The minimum atomic E-state index is -0.692. The highest BCUT2D eigenvalue weighted by atomic mass is 19.1. The molecule has 2 aliphatic heterocycles. The highest BCUT2D eigenvalue weighted by molar-refractivity contribution is 5.92. The summed E-state index contributed by atoms with van der Waals surface area (Å²) in [5, 5.41) is 8.44. The van der Waals surface area contributed by atoms with Crippen molar-refractivity contribution in [2.24, 2.45) is 0 Å². The number of nitrogens with zero attached hydrogens (tertiary/aromatic N) is 4. The van der Waals surface area contributed by atoms with Crippen LogP contribution in [0, 0.1) is 0 Å². The maximum Gasteiger partial charge on any atom is 0.283 e. The van der Waals surface area contributed by atoms with Crippen LogP contribution in [-0.4, -0.2) is 45.3 Å². The lowest BCUT2D eigenvalue weighted by Crippen LogP contribution is -2.33. The number of ether oxygens (including phenoxy) is 1. The number of hydrogen-bond acceptors (Lipinski definition) is 4. The van der Waals surface area contributed by atoms with E-state index in [1.54, 1.807) is 21.0 Å². The Morgan fingerprint density at radius 1 is 1.36 bits per heavy atom. The molecule has 0 aromatic carbocycles. The van der Waals surface area contributed by atoms with Gasteiger partial charge < -0.3 is 14.2 Å². The van der Waals surface area contributed by atoms with Crippen molar-refractivity contribution >= 4 is 5.91 Å². The number of likely N-dealkylation sites (tertiary alicyclic amines) is 1. The van der Waals surface area contributed by atoms with Gasteiger partial charge in [0.1, 0.15) is 5.82 Å². The summed E-state index contributed by atoms with van der Waals surface area (Å²) in [6.45, 7) is 4.43. The van der Waals surface area contributed by atoms with Crippen LogP contribution in [0.25, 0.3) is 0 Å². The first kappa shape index (κ1) is 15.1. The van der Waals surface area contributed by atoms with Crippen LogP contribution in [0.2, 0.25) is 0 Å². The number of halogens is 1. The Balaban J connectivity index is 1.93. The zero-order valence-corrected chi connectivity index (χ0v) is 13.2. The SMILES string of the molecule is CO[C@@H]1C[C@@H](c2nnc3n2CCC3)N(C(=O)C(F)=C(C)C)C1. The maximum absolute atomic E-state index is 14.1. The Morgan fingerprint density at radius 3 is 2.82 bits per heavy atom. The van der Waals surface area contributed by atoms with Gasteiger partial charge in [0.15, 0.2) is 11.7 Å². The number of methoxy groups -OCH3 is 1. The van der Waals surface area contributed by atoms with Gasteiger partial charge in [-0.3, -0.25) is 4.79 Å². The van der Waals surface area contributed by atoms with E-state index in [-0.39, 0.29) is 12.1 Å². The first-order chi connectivity index (χ1) is 10.5. The molecule has 0 radical (unpaired) electrons. The summed E-state index contributed by atoms with van der Waals surface area (Å²) in [7, 11) is 1.61. The minimum Gasteiger partial charge on any atom is -0.380 e. The monoisotopic (exact) mass is 308 g/mol. The lowest BCUT2D eigenvalue weighted by Gasteiger charge is -2.23. The first-order valence-corrected chi connectivity index (χ1v) is 7.61. The number of hydrogen-bond donors (Lipinski definition) is 0. The number of aromatic nitrogens is 3. The topological polar surface area (TPSA) is 60.3 Å². The molecular weight excluding hydrogens is 287 g/mol. The van der Waals surface area contributed by atoms with Crippen molar-refractivity contribution in [2.45, 2.75) is 51.8 Å². The van der Waals surface area contributed by atoms with E-state index in [4.69, 9.17) is 4.74 Å². The van der Waals surface area contributed by atoms with Crippen LogP contribution in [-0.2, 0) is 22.5 Å². The maximum atomic E-state index is 14.1. The summed E-state index contributed by atoms with van der Waals surface area (Å²) in [5.41, 5.74) is 0.385. The number of carbonyl (C=O) groups excluding carboxylic acids is 1. The van der Waals surface area contributed by atoms with Gasteiger partial charge >= 0.3 is 0 Å². The average Bonchev–Trinajstić information content (AvgIpc) is 3.19. The van der Waals surface area contributed by atoms with Crippen molar-refractivity contribution < 1.29 is 13.9 Å². The lowest BCUT2D eigenvalue weighted by atomic mass is 10.1. The molecule has 6 nitrogen and oxygen atoms in total. The molecule has 2 aliphatic rings. The van der Waals surface area contributed by atoms with E-state index < -0.39 is 11.7 Å². The quantitative estimate of drug-likeness (QED) is 0.799. The summed E-state index contributed by atoms with van der Waals surface area (Å²) >= 11 is 0. The predicted octanol–water partition coefficient (Wildman–Crippen LogP) is 1.78. The fourth-order valence-corrected chi connectivity index (χ4v) is 3.20. The first-order valence-electron chi connectivity index (χ1n) is 7.61. The molecule has 1 saturated heterocycles. The molecule has 1 amide bonds. The number of carbonyl (C=O) groups is 1. The van der Waals surface area contributed by atoms with E-state index in [0.29, 0.717) is 18.5 Å². The Kier molecular flexibility index (Phi) is 3.99. The van der Waals surface area contributed by atoms with E-state index >= 15 is 0 Å². The normalized spacial score (nSPS) is 23.7. The third-order valence-electron chi connectivity index (χ3n) is 4.42. The number of fused-ring (bicyclic) bond motifs is 1. The molecule has 0 saturated carbocycles. The van der Waals surface area contributed by atoms with Crippen LogP contribution < -0.4 is 0 Å². The van der Waals surface area contributed by atoms with Gasteiger partial charge in [-0.25, -0.2) is 4.39 Å². The number of rotatable bonds is 3. The van der Waals surface area contributed by atoms with E-state index in [0.717, 1.165) is 31.0 Å². The van der Waals surface area contributed by atoms with Gasteiger partial charge in [-0.05, 0) is 25.8 Å². The molecule has 0 N–H and O–H groups in total. The average molecular weight is 308 g/mol. The van der Waals surface area contributed by atoms with Crippen LogP contribution in [0.5, 0.6) is 0 Å². The summed E-state index contributed by atoms with van der Waals surface area (Å²) in [6.07, 6.45) is 2.46. The molecule has 0 spiro atoms. The second-order valence-electron chi connectivity index (χ2n) is 6.11. The summed E-state index contributed by atoms with van der Waals surface area (Å²) in [5.74, 6) is 0.427. The largest absolute Gasteiger partial charge is 0.380 e. The fraction of sp³-hybridized carbons (Fsp3) is 0.667. The lowest BCUT2D eigenvalue weighted by molar-refractivity contribution is -0.130. The number of amides is 1. The van der Waals surface area contributed by atoms with Gasteiger partial charge in [0, 0.05) is 33.0 Å². The van der Waals surface area contributed by atoms with Gasteiger partial charge in [0.25, 0.3) is 5.91 Å². The van der Waals surface area contributed by atoms with E-state index in [9.17, 15) is 9.18 Å². The van der Waals surface area contributed by atoms with Gasteiger partial charge in [0.05, 0.1) is 12.1 Å². The highest BCUT2D eigenvalue weighted by Gasteiger charge is 2.41. The Labute approximate surface area is 129 Å². The molecule has 3 rings (SSSR count). The highest BCUT2D eigenvalue weighted by Crippen LogP contribution is 2.35. The zero-order chi connectivity index (χ0) is 15.9. The zero-order valence-electron chi connectivity index (χ0n) is 13.2. The molecular formula is C15H21FN4O2. The molecule has 1 fully saturated rings. The van der Waals surface area contributed by atoms with E-state index in [1.165, 1.54) is 4.90 Å². The molecule has 1 aromatic rings. The third kappa shape index (κ3) is 2.43. The molecule has 3 heterocycles. The second-order valence-corrected chi connectivity index (χ2v) is 6.11. The van der Waals surface area contributed by atoms with Crippen molar-refractivity contribution in [3.05, 3.63) is 23.0 Å². The summed E-state index contributed by atoms with van der Waals surface area (Å²) < 4.78 is 21.5. The van der Waals surface area contributed by atoms with Crippen LogP contribution in [0.15, 0.2) is 11.4 Å². The number of aryl methyl sites for hydroxylation is 1. The van der Waals surface area contributed by atoms with Crippen molar-refractivity contribution in [1.82, 2.24) is 19.7 Å². The molecule has 22 heavy (non-hydrogen) atoms. The fourth-order valence-electron chi connectivity index (χ4n) is 3.20. The number of allylic oxidation sites excluding steroid dienone is 1. The smallest absolute Gasteiger partial charge is 0.283 e. The Morgan fingerprint density at radius 2 is 2.14 bits per heavy atom. The van der Waals surface area contributed by atoms with Crippen molar-refractivity contribution in [2.75, 3.05) is 13.7 Å². The van der Waals surface area contributed by atoms with Gasteiger partial charge in [-0.2, -0.15) is 0 Å². The molecule has 120 valence electrons. The van der Waals surface area contributed by atoms with Crippen molar-refractivity contribution in [3.63, 3.8) is 0 Å². The van der Waals surface area contributed by atoms with Crippen molar-refractivity contribution in [3.8, 4) is 0 Å². The van der Waals surface area contributed by atoms with Crippen LogP contribution in [0.1, 0.15) is 44.4 Å². The minimum absolute atomic E-state index is 0.103. The standard InChI is InChI=1S/C15H21FN4O2/c1-9(2)13(16)15(21)20-8-10(22-3)7-11(20)14-18-17-12-5-4-6-19(12)14/h10-11H,4-8H2,1-3H3/t10-,11+/m1/s1. The van der Waals surface area contributed by atoms with Gasteiger partial charge in [0.2, 0.25) is 0 Å². The second kappa shape index (κ2) is 5.79. The Hall–Kier alpha value is -1.76. The van der Waals surface area contributed by atoms with E-state index in [1.807, 2.05) is 0 Å². The van der Waals surface area contributed by atoms with Crippen LogP contribution in [0.4, 0.5) is 4.39 Å². The summed E-state index contributed by atoms with van der Waals surface area (Å²) in [6, 6.07) is -0.276. The molecule has 0 unspecified atom stereocenters. The molecule has 7 heteroatoms. The molecule has 0 bridgehead atoms. The van der Waals surface area contributed by atoms with Crippen molar-refractivity contribution in [1.29, 1.82) is 0 Å². The predicted molar refractivity (Wildman–Crippen MR) is 77.7 cm³/mol. The third-order valence-corrected chi connectivity index (χ3v) is 4.42. The van der Waals surface area contributed by atoms with E-state index in [2.05, 4.69) is 14.8 Å². The molecule has 0 aliphatic carbocycles.